The van der Waals surface area contributed by atoms with E-state index < -0.39 is 0 Å². The van der Waals surface area contributed by atoms with Gasteiger partial charge in [0.1, 0.15) is 0 Å². The van der Waals surface area contributed by atoms with Gasteiger partial charge in [-0.1, -0.05) is 15.9 Å². The fourth-order valence-electron chi connectivity index (χ4n) is 2.00. The fourth-order valence-corrected chi connectivity index (χ4v) is 2.48. The summed E-state index contributed by atoms with van der Waals surface area (Å²) in [7, 11) is 0. The number of carbonyl (C=O) groups excluding carboxylic acids is 2. The quantitative estimate of drug-likeness (QED) is 0.874. The van der Waals surface area contributed by atoms with Gasteiger partial charge in [0.05, 0.1) is 0 Å². The number of aryl methyl sites for hydroxylation is 1. The van der Waals surface area contributed by atoms with Crippen molar-refractivity contribution in [3.8, 4) is 0 Å². The van der Waals surface area contributed by atoms with Gasteiger partial charge in [-0.25, -0.2) is 0 Å². The Bertz CT molecular complexity index is 478. The maximum absolute atomic E-state index is 12.1. The molecule has 0 bridgehead atoms. The predicted molar refractivity (Wildman–Crippen MR) is 72.4 cm³/mol. The lowest BCUT2D eigenvalue weighted by Gasteiger charge is -2.23. The molecule has 0 radical (unpaired) electrons. The molecule has 1 atom stereocenters. The van der Waals surface area contributed by atoms with Gasteiger partial charge < -0.3 is 10.6 Å². The Morgan fingerprint density at radius 3 is 2.89 bits per heavy atom. The molecule has 1 fully saturated rings. The molecular weight excluding hydrogens is 296 g/mol. The van der Waals surface area contributed by atoms with Crippen LogP contribution in [0, 0.1) is 6.92 Å². The van der Waals surface area contributed by atoms with Crippen molar-refractivity contribution in [1.29, 1.82) is 0 Å². The van der Waals surface area contributed by atoms with E-state index in [1.807, 2.05) is 19.1 Å². The third-order valence-corrected chi connectivity index (χ3v) is 3.53. The average molecular weight is 311 g/mol. The van der Waals surface area contributed by atoms with Crippen LogP contribution in [0.15, 0.2) is 22.7 Å². The Morgan fingerprint density at radius 1 is 1.50 bits per heavy atom. The molecule has 2 rings (SSSR count). The van der Waals surface area contributed by atoms with Gasteiger partial charge in [0.25, 0.3) is 5.91 Å². The first-order valence-corrected chi connectivity index (χ1v) is 6.69. The van der Waals surface area contributed by atoms with Crippen molar-refractivity contribution in [2.45, 2.75) is 25.8 Å². The van der Waals surface area contributed by atoms with Crippen molar-refractivity contribution in [1.82, 2.24) is 10.6 Å². The highest BCUT2D eigenvalue weighted by molar-refractivity contribution is 9.10. The number of hydrogen-bond acceptors (Lipinski definition) is 2. The van der Waals surface area contributed by atoms with Crippen LogP contribution in [0.25, 0.3) is 0 Å². The van der Waals surface area contributed by atoms with E-state index >= 15 is 0 Å². The standard InChI is InChI=1S/C13H15BrN2O2/c1-8-6-9(14)2-4-11(8)13(18)16-10-3-5-12(17)15-7-10/h2,4,6,10H,3,5,7H2,1H3,(H,15,17)(H,16,18). The van der Waals surface area contributed by atoms with Crippen molar-refractivity contribution < 1.29 is 9.59 Å². The minimum absolute atomic E-state index is 0.0262. The molecule has 5 heteroatoms. The summed E-state index contributed by atoms with van der Waals surface area (Å²) in [6, 6.07) is 5.59. The summed E-state index contributed by atoms with van der Waals surface area (Å²) >= 11 is 3.37. The molecule has 1 unspecified atom stereocenters. The summed E-state index contributed by atoms with van der Waals surface area (Å²) in [6.45, 7) is 2.42. The smallest absolute Gasteiger partial charge is 0.251 e. The Morgan fingerprint density at radius 2 is 2.28 bits per heavy atom. The van der Waals surface area contributed by atoms with Crippen LogP contribution >= 0.6 is 15.9 Å². The van der Waals surface area contributed by atoms with Gasteiger partial charge in [-0.3, -0.25) is 9.59 Å². The minimum atomic E-state index is -0.0823. The average Bonchev–Trinajstić information content (AvgIpc) is 2.32. The maximum Gasteiger partial charge on any atom is 0.251 e. The lowest BCUT2D eigenvalue weighted by atomic mass is 10.0. The molecule has 96 valence electrons. The van der Waals surface area contributed by atoms with E-state index in [0.717, 1.165) is 10.0 Å². The molecule has 0 aliphatic carbocycles. The Balaban J connectivity index is 2.01. The molecule has 0 aromatic heterocycles. The first-order valence-electron chi connectivity index (χ1n) is 5.90. The second-order valence-corrected chi connectivity index (χ2v) is 5.39. The Hall–Kier alpha value is -1.36. The van der Waals surface area contributed by atoms with E-state index in [0.29, 0.717) is 24.9 Å². The van der Waals surface area contributed by atoms with Crippen molar-refractivity contribution in [2.75, 3.05) is 6.54 Å². The predicted octanol–water partition coefficient (Wildman–Crippen LogP) is 1.77. The van der Waals surface area contributed by atoms with Crippen LogP contribution in [0.2, 0.25) is 0 Å². The van der Waals surface area contributed by atoms with Gasteiger partial charge >= 0.3 is 0 Å². The molecule has 1 aliphatic rings. The topological polar surface area (TPSA) is 58.2 Å². The number of hydrogen-bond donors (Lipinski definition) is 2. The largest absolute Gasteiger partial charge is 0.354 e. The van der Waals surface area contributed by atoms with Crippen LogP contribution in [0.4, 0.5) is 0 Å². The number of benzene rings is 1. The van der Waals surface area contributed by atoms with Crippen LogP contribution in [0.1, 0.15) is 28.8 Å². The third-order valence-electron chi connectivity index (χ3n) is 3.03. The number of carbonyl (C=O) groups is 2. The van der Waals surface area contributed by atoms with Crippen molar-refractivity contribution in [3.05, 3.63) is 33.8 Å². The van der Waals surface area contributed by atoms with E-state index in [1.165, 1.54) is 0 Å². The van der Waals surface area contributed by atoms with E-state index in [4.69, 9.17) is 0 Å². The first-order chi connectivity index (χ1) is 8.56. The molecule has 1 heterocycles. The minimum Gasteiger partial charge on any atom is -0.354 e. The Labute approximate surface area is 114 Å². The van der Waals surface area contributed by atoms with Crippen molar-refractivity contribution in [2.24, 2.45) is 0 Å². The lowest BCUT2D eigenvalue weighted by Crippen LogP contribution is -2.47. The highest BCUT2D eigenvalue weighted by Gasteiger charge is 2.20. The monoisotopic (exact) mass is 310 g/mol. The summed E-state index contributed by atoms with van der Waals surface area (Å²) in [4.78, 5) is 23.1. The number of nitrogens with one attached hydrogen (secondary N) is 2. The van der Waals surface area contributed by atoms with E-state index in [2.05, 4.69) is 26.6 Å². The Kier molecular flexibility index (Phi) is 4.01. The highest BCUT2D eigenvalue weighted by atomic mass is 79.9. The van der Waals surface area contributed by atoms with Gasteiger partial charge in [0.15, 0.2) is 0 Å². The second kappa shape index (κ2) is 5.52. The van der Waals surface area contributed by atoms with Crippen molar-refractivity contribution >= 4 is 27.7 Å². The summed E-state index contributed by atoms with van der Waals surface area (Å²) in [5.74, 6) is -0.0264. The molecule has 1 aromatic rings. The molecule has 1 saturated heterocycles. The molecule has 4 nitrogen and oxygen atoms in total. The van der Waals surface area contributed by atoms with E-state index in [1.54, 1.807) is 6.07 Å². The number of piperidine rings is 1. The van der Waals surface area contributed by atoms with Crippen LogP contribution in [-0.2, 0) is 4.79 Å². The van der Waals surface area contributed by atoms with Gasteiger partial charge in [-0.15, -0.1) is 0 Å². The van der Waals surface area contributed by atoms with Crippen LogP contribution in [0.5, 0.6) is 0 Å². The van der Waals surface area contributed by atoms with Crippen LogP contribution in [0.3, 0.4) is 0 Å². The molecule has 2 N–H and O–H groups in total. The van der Waals surface area contributed by atoms with Crippen molar-refractivity contribution in [3.63, 3.8) is 0 Å². The van der Waals surface area contributed by atoms with Crippen LogP contribution in [-0.4, -0.2) is 24.4 Å². The summed E-state index contributed by atoms with van der Waals surface area (Å²) in [5.41, 5.74) is 1.61. The molecule has 1 aromatic carbocycles. The van der Waals surface area contributed by atoms with Gasteiger partial charge in [-0.2, -0.15) is 0 Å². The lowest BCUT2D eigenvalue weighted by molar-refractivity contribution is -0.122. The zero-order chi connectivity index (χ0) is 13.1. The zero-order valence-electron chi connectivity index (χ0n) is 10.1. The van der Waals surface area contributed by atoms with Gasteiger partial charge in [0, 0.05) is 29.0 Å². The van der Waals surface area contributed by atoms with Crippen LogP contribution < -0.4 is 10.6 Å². The summed E-state index contributed by atoms with van der Waals surface area (Å²) < 4.78 is 0.960. The number of rotatable bonds is 2. The first kappa shape index (κ1) is 13.1. The summed E-state index contributed by atoms with van der Waals surface area (Å²) in [5, 5.41) is 5.70. The molecule has 1 aliphatic heterocycles. The molecule has 0 spiro atoms. The molecule has 18 heavy (non-hydrogen) atoms. The number of halogens is 1. The highest BCUT2D eigenvalue weighted by Crippen LogP contribution is 2.16. The van der Waals surface area contributed by atoms with E-state index in [-0.39, 0.29) is 17.9 Å². The zero-order valence-corrected chi connectivity index (χ0v) is 11.7. The SMILES string of the molecule is Cc1cc(Br)ccc1C(=O)NC1CCC(=O)NC1. The third kappa shape index (κ3) is 3.10. The van der Waals surface area contributed by atoms with Gasteiger partial charge in [0.2, 0.25) is 5.91 Å². The van der Waals surface area contributed by atoms with E-state index in [9.17, 15) is 9.59 Å². The summed E-state index contributed by atoms with van der Waals surface area (Å²) in [6.07, 6.45) is 1.18. The fraction of sp³-hybridized carbons (Fsp3) is 0.385. The normalized spacial score (nSPS) is 19.2. The molecular formula is C13H15BrN2O2. The second-order valence-electron chi connectivity index (χ2n) is 4.47. The molecule has 0 saturated carbocycles. The van der Waals surface area contributed by atoms with Gasteiger partial charge in [-0.05, 0) is 37.1 Å². The molecule has 2 amide bonds. The maximum atomic E-state index is 12.1. The number of amides is 2.